The topological polar surface area (TPSA) is 88.9 Å². The van der Waals surface area contributed by atoms with Gasteiger partial charge in [-0.15, -0.1) is 10.2 Å². The van der Waals surface area contributed by atoms with E-state index in [1.165, 1.54) is 11.8 Å². The van der Waals surface area contributed by atoms with E-state index in [-0.39, 0.29) is 23.6 Å². The maximum Gasteiger partial charge on any atom is 0.253 e. The van der Waals surface area contributed by atoms with Gasteiger partial charge < -0.3 is 10.6 Å². The van der Waals surface area contributed by atoms with Gasteiger partial charge in [0.2, 0.25) is 5.91 Å². The number of carbonyl (C=O) groups is 2. The number of carbonyl (C=O) groups excluding carboxylic acids is 2. The average Bonchev–Trinajstić information content (AvgIpc) is 3.15. The van der Waals surface area contributed by atoms with Gasteiger partial charge in [-0.1, -0.05) is 42.1 Å². The molecule has 0 spiro atoms. The summed E-state index contributed by atoms with van der Waals surface area (Å²) in [6.45, 7) is 5.79. The fourth-order valence-electron chi connectivity index (χ4n) is 2.77. The van der Waals surface area contributed by atoms with Gasteiger partial charge in [0.15, 0.2) is 5.16 Å². The quantitative estimate of drug-likeness (QED) is 0.584. The third-order valence-corrected chi connectivity index (χ3v) is 5.03. The lowest BCUT2D eigenvalue weighted by Crippen LogP contribution is -2.31. The van der Waals surface area contributed by atoms with Crippen molar-refractivity contribution in [3.05, 3.63) is 66.0 Å². The Labute approximate surface area is 173 Å². The van der Waals surface area contributed by atoms with Crippen LogP contribution in [0.5, 0.6) is 0 Å². The van der Waals surface area contributed by atoms with Gasteiger partial charge in [-0.25, -0.2) is 0 Å². The van der Waals surface area contributed by atoms with Crippen LogP contribution in [0, 0.1) is 6.92 Å². The molecule has 2 aromatic carbocycles. The van der Waals surface area contributed by atoms with E-state index in [2.05, 4.69) is 20.8 Å². The molecule has 0 fully saturated rings. The zero-order chi connectivity index (χ0) is 20.8. The highest BCUT2D eigenvalue weighted by atomic mass is 32.2. The number of aryl methyl sites for hydroxylation is 1. The molecule has 0 aliphatic carbocycles. The van der Waals surface area contributed by atoms with E-state index in [0.29, 0.717) is 16.4 Å². The highest BCUT2D eigenvalue weighted by Crippen LogP contribution is 2.22. The molecule has 29 heavy (non-hydrogen) atoms. The van der Waals surface area contributed by atoms with Crippen molar-refractivity contribution in [2.75, 3.05) is 11.1 Å². The lowest BCUT2D eigenvalue weighted by molar-refractivity contribution is -0.113. The van der Waals surface area contributed by atoms with Crippen LogP contribution in [0.25, 0.3) is 5.69 Å². The van der Waals surface area contributed by atoms with E-state index in [9.17, 15) is 9.59 Å². The van der Waals surface area contributed by atoms with Crippen molar-refractivity contribution < 1.29 is 9.59 Å². The van der Waals surface area contributed by atoms with E-state index < -0.39 is 0 Å². The van der Waals surface area contributed by atoms with Crippen molar-refractivity contribution in [3.8, 4) is 5.69 Å². The van der Waals surface area contributed by atoms with Gasteiger partial charge >= 0.3 is 0 Å². The van der Waals surface area contributed by atoms with Crippen molar-refractivity contribution in [2.45, 2.75) is 32.0 Å². The van der Waals surface area contributed by atoms with Gasteiger partial charge in [0.25, 0.3) is 5.91 Å². The van der Waals surface area contributed by atoms with E-state index in [1.54, 1.807) is 30.6 Å². The summed E-state index contributed by atoms with van der Waals surface area (Å²) in [5.74, 6) is -0.299. The number of para-hydroxylation sites is 2. The first-order valence-electron chi connectivity index (χ1n) is 9.24. The summed E-state index contributed by atoms with van der Waals surface area (Å²) in [5, 5.41) is 14.4. The second kappa shape index (κ2) is 9.38. The maximum absolute atomic E-state index is 12.5. The molecule has 0 saturated carbocycles. The summed E-state index contributed by atoms with van der Waals surface area (Å²) < 4.78 is 1.86. The first kappa shape index (κ1) is 20.6. The van der Waals surface area contributed by atoms with Gasteiger partial charge in [0.1, 0.15) is 6.33 Å². The Morgan fingerprint density at radius 1 is 1.10 bits per heavy atom. The molecule has 0 aliphatic heterocycles. The summed E-state index contributed by atoms with van der Waals surface area (Å²) >= 11 is 1.29. The van der Waals surface area contributed by atoms with Crippen LogP contribution in [-0.2, 0) is 4.79 Å². The summed E-state index contributed by atoms with van der Waals surface area (Å²) in [6.07, 6.45) is 1.63. The number of aromatic nitrogens is 3. The van der Waals surface area contributed by atoms with E-state index in [1.807, 2.05) is 49.6 Å². The molecule has 1 aromatic heterocycles. The molecule has 2 amide bonds. The molecule has 0 unspecified atom stereocenters. The van der Waals surface area contributed by atoms with Gasteiger partial charge in [-0.2, -0.15) is 0 Å². The molecule has 150 valence electrons. The zero-order valence-electron chi connectivity index (χ0n) is 16.5. The third kappa shape index (κ3) is 5.23. The Morgan fingerprint density at radius 2 is 1.83 bits per heavy atom. The van der Waals surface area contributed by atoms with Crippen LogP contribution in [0.2, 0.25) is 0 Å². The Hall–Kier alpha value is -3.13. The smallest absolute Gasteiger partial charge is 0.253 e. The molecular formula is C21H23N5O2S. The molecule has 2 N–H and O–H groups in total. The molecule has 0 aliphatic rings. The van der Waals surface area contributed by atoms with E-state index in [4.69, 9.17) is 0 Å². The number of nitrogens with zero attached hydrogens (tertiary/aromatic N) is 3. The summed E-state index contributed by atoms with van der Waals surface area (Å²) in [7, 11) is 0. The fourth-order valence-corrected chi connectivity index (χ4v) is 3.49. The van der Waals surface area contributed by atoms with Crippen LogP contribution in [0.15, 0.2) is 60.0 Å². The summed E-state index contributed by atoms with van der Waals surface area (Å²) in [5.41, 5.74) is 2.97. The van der Waals surface area contributed by atoms with Crippen molar-refractivity contribution in [1.82, 2.24) is 20.1 Å². The molecule has 0 bridgehead atoms. The molecule has 3 rings (SSSR count). The van der Waals surface area contributed by atoms with Crippen LogP contribution < -0.4 is 10.6 Å². The molecule has 8 heteroatoms. The SMILES string of the molecule is Cc1ccccc1-n1cnnc1SCC(=O)Nc1ccccc1C(=O)NC(C)C. The van der Waals surface area contributed by atoms with Crippen LogP contribution in [-0.4, -0.2) is 38.4 Å². The first-order chi connectivity index (χ1) is 14.0. The number of hydrogen-bond acceptors (Lipinski definition) is 5. The lowest BCUT2D eigenvalue weighted by Gasteiger charge is -2.13. The molecule has 7 nitrogen and oxygen atoms in total. The van der Waals surface area contributed by atoms with Crippen LogP contribution in [0.4, 0.5) is 5.69 Å². The summed E-state index contributed by atoms with van der Waals surface area (Å²) in [4.78, 5) is 24.8. The van der Waals surface area contributed by atoms with Gasteiger partial charge in [-0.05, 0) is 44.5 Å². The van der Waals surface area contributed by atoms with Crippen molar-refractivity contribution in [1.29, 1.82) is 0 Å². The van der Waals surface area contributed by atoms with Crippen LogP contribution >= 0.6 is 11.8 Å². The second-order valence-corrected chi connectivity index (χ2v) is 7.72. The van der Waals surface area contributed by atoms with Crippen molar-refractivity contribution in [3.63, 3.8) is 0 Å². The largest absolute Gasteiger partial charge is 0.350 e. The summed E-state index contributed by atoms with van der Waals surface area (Å²) in [6, 6.07) is 14.9. The van der Waals surface area contributed by atoms with Crippen LogP contribution in [0.3, 0.4) is 0 Å². The highest BCUT2D eigenvalue weighted by molar-refractivity contribution is 7.99. The van der Waals surface area contributed by atoms with E-state index in [0.717, 1.165) is 11.3 Å². The number of hydrogen-bond donors (Lipinski definition) is 2. The number of thioether (sulfide) groups is 1. The predicted octanol–water partition coefficient (Wildman–Crippen LogP) is 3.44. The number of nitrogens with one attached hydrogen (secondary N) is 2. The van der Waals surface area contributed by atoms with Gasteiger partial charge in [0, 0.05) is 6.04 Å². The van der Waals surface area contributed by atoms with Crippen molar-refractivity contribution in [2.24, 2.45) is 0 Å². The standard InChI is InChI=1S/C21H23N5O2S/c1-14(2)23-20(28)16-9-5-6-10-17(16)24-19(27)12-29-21-25-22-13-26(21)18-11-7-4-8-15(18)3/h4-11,13-14H,12H2,1-3H3,(H,23,28)(H,24,27). The van der Waals surface area contributed by atoms with Crippen LogP contribution in [0.1, 0.15) is 29.8 Å². The Balaban J connectivity index is 1.68. The van der Waals surface area contributed by atoms with Gasteiger partial charge in [0.05, 0.1) is 22.7 Å². The van der Waals surface area contributed by atoms with Crippen molar-refractivity contribution >= 4 is 29.3 Å². The normalized spacial score (nSPS) is 10.8. The average molecular weight is 410 g/mol. The lowest BCUT2D eigenvalue weighted by atomic mass is 10.1. The molecule has 3 aromatic rings. The molecule has 1 heterocycles. The highest BCUT2D eigenvalue weighted by Gasteiger charge is 2.15. The minimum atomic E-state index is -0.223. The van der Waals surface area contributed by atoms with E-state index >= 15 is 0 Å². The monoisotopic (exact) mass is 409 g/mol. The Bertz CT molecular complexity index is 1020. The second-order valence-electron chi connectivity index (χ2n) is 6.78. The molecule has 0 atom stereocenters. The fraction of sp³-hybridized carbons (Fsp3) is 0.238. The Morgan fingerprint density at radius 3 is 2.59 bits per heavy atom. The Kier molecular flexibility index (Phi) is 6.66. The first-order valence-corrected chi connectivity index (χ1v) is 10.2. The number of amides is 2. The predicted molar refractivity (Wildman–Crippen MR) is 114 cm³/mol. The molecular weight excluding hydrogens is 386 g/mol. The minimum absolute atomic E-state index is 0.00891. The zero-order valence-corrected chi connectivity index (χ0v) is 17.4. The van der Waals surface area contributed by atoms with Gasteiger partial charge in [-0.3, -0.25) is 14.2 Å². The molecule has 0 saturated heterocycles. The number of benzene rings is 2. The number of anilines is 1. The third-order valence-electron chi connectivity index (χ3n) is 4.09. The molecule has 0 radical (unpaired) electrons. The maximum atomic E-state index is 12.5. The number of rotatable bonds is 7. The minimum Gasteiger partial charge on any atom is -0.350 e.